The molecule has 2 aromatic carbocycles. The van der Waals surface area contributed by atoms with Gasteiger partial charge in [0.1, 0.15) is 6.54 Å². The summed E-state index contributed by atoms with van der Waals surface area (Å²) in [6.45, 7) is 1.10. The van der Waals surface area contributed by atoms with Crippen LogP contribution in [-0.2, 0) is 24.3 Å². The molecule has 0 saturated heterocycles. The van der Waals surface area contributed by atoms with E-state index in [4.69, 9.17) is 9.47 Å². The topological polar surface area (TPSA) is 73.7 Å². The first-order valence-electron chi connectivity index (χ1n) is 9.74. The maximum absolute atomic E-state index is 12.9. The van der Waals surface area contributed by atoms with Crippen LogP contribution in [-0.4, -0.2) is 41.4 Å². The van der Waals surface area contributed by atoms with Crippen LogP contribution in [0, 0.1) is 0 Å². The fourth-order valence-corrected chi connectivity index (χ4v) is 3.65. The quantitative estimate of drug-likeness (QED) is 0.652. The van der Waals surface area contributed by atoms with E-state index in [-0.39, 0.29) is 18.0 Å². The van der Waals surface area contributed by atoms with Gasteiger partial charge < -0.3 is 14.4 Å². The van der Waals surface area contributed by atoms with Crippen molar-refractivity contribution in [3.63, 3.8) is 0 Å². The van der Waals surface area contributed by atoms with Crippen molar-refractivity contribution in [2.75, 3.05) is 20.8 Å². The highest BCUT2D eigenvalue weighted by Gasteiger charge is 2.21. The fourth-order valence-electron chi connectivity index (χ4n) is 3.65. The maximum Gasteiger partial charge on any atom is 0.267 e. The Morgan fingerprint density at radius 2 is 1.77 bits per heavy atom. The third kappa shape index (κ3) is 3.91. The van der Waals surface area contributed by atoms with Crippen LogP contribution in [0.5, 0.6) is 11.5 Å². The van der Waals surface area contributed by atoms with Gasteiger partial charge in [0.2, 0.25) is 5.91 Å². The minimum absolute atomic E-state index is 0.0951. The molecule has 0 aliphatic carbocycles. The first-order chi connectivity index (χ1) is 14.6. The lowest BCUT2D eigenvalue weighted by Crippen LogP contribution is -2.40. The molecule has 0 unspecified atom stereocenters. The molecule has 3 aromatic rings. The highest BCUT2D eigenvalue weighted by Crippen LogP contribution is 2.31. The van der Waals surface area contributed by atoms with Gasteiger partial charge >= 0.3 is 0 Å². The van der Waals surface area contributed by atoms with Crippen LogP contribution in [0.15, 0.2) is 59.4 Å². The lowest BCUT2D eigenvalue weighted by Gasteiger charge is -2.29. The van der Waals surface area contributed by atoms with Crippen molar-refractivity contribution >= 4 is 5.91 Å². The van der Waals surface area contributed by atoms with Crippen molar-refractivity contribution in [2.24, 2.45) is 0 Å². The fraction of sp³-hybridized carbons (Fsp3) is 0.261. The van der Waals surface area contributed by atoms with Crippen LogP contribution in [0.1, 0.15) is 11.1 Å². The van der Waals surface area contributed by atoms with Gasteiger partial charge in [-0.2, -0.15) is 5.10 Å². The van der Waals surface area contributed by atoms with Crippen molar-refractivity contribution in [2.45, 2.75) is 19.5 Å². The van der Waals surface area contributed by atoms with Crippen LogP contribution in [0.3, 0.4) is 0 Å². The average Bonchev–Trinajstić information content (AvgIpc) is 2.79. The van der Waals surface area contributed by atoms with E-state index < -0.39 is 0 Å². The number of methoxy groups -OCH3 is 2. The number of rotatable bonds is 5. The Morgan fingerprint density at radius 1 is 1.00 bits per heavy atom. The number of nitrogens with zero attached hydrogens (tertiary/aromatic N) is 3. The van der Waals surface area contributed by atoms with Crippen molar-refractivity contribution in [3.8, 4) is 22.8 Å². The summed E-state index contributed by atoms with van der Waals surface area (Å²) in [7, 11) is 3.13. The molecule has 2 heterocycles. The van der Waals surface area contributed by atoms with Gasteiger partial charge in [-0.1, -0.05) is 24.3 Å². The monoisotopic (exact) mass is 405 g/mol. The highest BCUT2D eigenvalue weighted by molar-refractivity contribution is 5.76. The summed E-state index contributed by atoms with van der Waals surface area (Å²) in [5.74, 6) is 1.05. The Kier molecular flexibility index (Phi) is 5.52. The number of ether oxygens (including phenoxy) is 2. The van der Waals surface area contributed by atoms with Gasteiger partial charge in [0.15, 0.2) is 11.5 Å². The second kappa shape index (κ2) is 8.41. The molecule has 4 rings (SSSR count). The first-order valence-corrected chi connectivity index (χ1v) is 9.74. The molecule has 0 spiro atoms. The van der Waals surface area contributed by atoms with Crippen molar-refractivity contribution < 1.29 is 14.3 Å². The number of benzene rings is 2. The molecule has 7 heteroatoms. The Hall–Kier alpha value is -3.61. The molecule has 0 fully saturated rings. The zero-order valence-electron chi connectivity index (χ0n) is 17.0. The number of hydrogen-bond acceptors (Lipinski definition) is 5. The van der Waals surface area contributed by atoms with E-state index in [1.54, 1.807) is 37.3 Å². The van der Waals surface area contributed by atoms with Crippen LogP contribution in [0.25, 0.3) is 11.3 Å². The minimum atomic E-state index is -0.315. The summed E-state index contributed by atoms with van der Waals surface area (Å²) in [5, 5.41) is 4.41. The molecule has 1 aliphatic rings. The molecule has 154 valence electrons. The minimum Gasteiger partial charge on any atom is -0.493 e. The van der Waals surface area contributed by atoms with Gasteiger partial charge in [-0.3, -0.25) is 9.59 Å². The number of hydrogen-bond donors (Lipinski definition) is 0. The molecular formula is C23H23N3O4. The van der Waals surface area contributed by atoms with E-state index in [0.29, 0.717) is 30.3 Å². The molecule has 0 radical (unpaired) electrons. The van der Waals surface area contributed by atoms with Gasteiger partial charge in [-0.15, -0.1) is 0 Å². The first kappa shape index (κ1) is 19.7. The molecule has 0 atom stereocenters. The Balaban J connectivity index is 1.56. The number of fused-ring (bicyclic) bond motifs is 1. The third-order valence-corrected chi connectivity index (χ3v) is 5.31. The third-order valence-electron chi connectivity index (χ3n) is 5.31. The predicted molar refractivity (Wildman–Crippen MR) is 113 cm³/mol. The Bertz CT molecular complexity index is 1140. The molecule has 1 aliphatic heterocycles. The highest BCUT2D eigenvalue weighted by atomic mass is 16.5. The number of amides is 1. The van der Waals surface area contributed by atoms with Gasteiger partial charge in [-0.05, 0) is 41.8 Å². The van der Waals surface area contributed by atoms with E-state index in [0.717, 1.165) is 17.5 Å². The lowest BCUT2D eigenvalue weighted by atomic mass is 10.00. The largest absolute Gasteiger partial charge is 0.493 e. The standard InChI is InChI=1S/C23H23N3O4/c1-29-20-9-7-17(13-21(20)30-2)19-8-10-22(27)26(24-19)15-23(28)25-12-11-16-5-3-4-6-18(16)14-25/h3-10,13H,11-12,14-15H2,1-2H3. The Morgan fingerprint density at radius 3 is 2.53 bits per heavy atom. The van der Waals surface area contributed by atoms with E-state index in [1.165, 1.54) is 16.3 Å². The Labute approximate surface area is 174 Å². The molecule has 0 saturated carbocycles. The number of carbonyl (C=O) groups is 1. The summed E-state index contributed by atoms with van der Waals surface area (Å²) in [6, 6.07) is 16.6. The summed E-state index contributed by atoms with van der Waals surface area (Å²) < 4.78 is 11.8. The number of aromatic nitrogens is 2. The normalized spacial score (nSPS) is 12.9. The van der Waals surface area contributed by atoms with Crippen molar-refractivity contribution in [1.29, 1.82) is 0 Å². The van der Waals surface area contributed by atoms with Crippen molar-refractivity contribution in [3.05, 3.63) is 76.1 Å². The van der Waals surface area contributed by atoms with Crippen LogP contribution < -0.4 is 15.0 Å². The summed E-state index contributed by atoms with van der Waals surface area (Å²) >= 11 is 0. The molecule has 1 aromatic heterocycles. The second-order valence-electron chi connectivity index (χ2n) is 7.12. The van der Waals surface area contributed by atoms with E-state index in [2.05, 4.69) is 11.2 Å². The van der Waals surface area contributed by atoms with Crippen molar-refractivity contribution in [1.82, 2.24) is 14.7 Å². The average molecular weight is 405 g/mol. The summed E-state index contributed by atoms with van der Waals surface area (Å²) in [4.78, 5) is 27.0. The molecule has 30 heavy (non-hydrogen) atoms. The molecule has 0 N–H and O–H groups in total. The van der Waals surface area contributed by atoms with Crippen LogP contribution >= 0.6 is 0 Å². The lowest BCUT2D eigenvalue weighted by molar-refractivity contribution is -0.133. The summed E-state index contributed by atoms with van der Waals surface area (Å²) in [5.41, 5.74) is 3.45. The zero-order chi connectivity index (χ0) is 21.1. The molecule has 7 nitrogen and oxygen atoms in total. The zero-order valence-corrected chi connectivity index (χ0v) is 17.0. The molecule has 0 bridgehead atoms. The van der Waals surface area contributed by atoms with Gasteiger partial charge in [-0.25, -0.2) is 4.68 Å². The smallest absolute Gasteiger partial charge is 0.267 e. The molecule has 1 amide bonds. The van der Waals surface area contributed by atoms with Gasteiger partial charge in [0, 0.05) is 24.7 Å². The van der Waals surface area contributed by atoms with Crippen LogP contribution in [0.4, 0.5) is 0 Å². The van der Waals surface area contributed by atoms with E-state index >= 15 is 0 Å². The maximum atomic E-state index is 12.9. The SMILES string of the molecule is COc1ccc(-c2ccc(=O)n(CC(=O)N3CCc4ccccc4C3)n2)cc1OC. The van der Waals surface area contributed by atoms with Crippen LogP contribution in [0.2, 0.25) is 0 Å². The molecular weight excluding hydrogens is 382 g/mol. The van der Waals surface area contributed by atoms with Gasteiger partial charge in [0.05, 0.1) is 19.9 Å². The second-order valence-corrected chi connectivity index (χ2v) is 7.12. The predicted octanol–water partition coefficient (Wildman–Crippen LogP) is 2.51. The number of carbonyl (C=O) groups excluding carboxylic acids is 1. The van der Waals surface area contributed by atoms with E-state index in [9.17, 15) is 9.59 Å². The van der Waals surface area contributed by atoms with E-state index in [1.807, 2.05) is 24.3 Å². The summed E-state index contributed by atoms with van der Waals surface area (Å²) in [6.07, 6.45) is 0.815. The van der Waals surface area contributed by atoms with Gasteiger partial charge in [0.25, 0.3) is 5.56 Å².